The van der Waals surface area contributed by atoms with Crippen LogP contribution in [0.1, 0.15) is 25.3 Å². The van der Waals surface area contributed by atoms with Gasteiger partial charge >= 0.3 is 0 Å². The zero-order chi connectivity index (χ0) is 10.2. The van der Waals surface area contributed by atoms with Crippen molar-refractivity contribution in [2.45, 2.75) is 25.4 Å². The summed E-state index contributed by atoms with van der Waals surface area (Å²) >= 11 is 0. The highest BCUT2D eigenvalue weighted by Crippen LogP contribution is 2.52. The lowest BCUT2D eigenvalue weighted by Crippen LogP contribution is -2.08. The normalized spacial score (nSPS) is 17.9. The van der Waals surface area contributed by atoms with Crippen molar-refractivity contribution in [3.05, 3.63) is 23.8 Å². The number of aromatic hydroxyl groups is 1. The molecule has 0 amide bonds. The lowest BCUT2D eigenvalue weighted by Gasteiger charge is -2.15. The summed E-state index contributed by atoms with van der Waals surface area (Å²) < 4.78 is 5.36. The Morgan fingerprint density at radius 1 is 1.43 bits per heavy atom. The van der Waals surface area contributed by atoms with Gasteiger partial charge in [0.25, 0.3) is 0 Å². The summed E-state index contributed by atoms with van der Waals surface area (Å²) in [6.07, 6.45) is 1.40. The molecule has 1 aliphatic carbocycles. The van der Waals surface area contributed by atoms with Crippen LogP contribution in [0.2, 0.25) is 0 Å². The molecule has 0 saturated heterocycles. The molecule has 1 aromatic rings. The maximum absolute atomic E-state index is 9.95. The van der Waals surface area contributed by atoms with E-state index in [4.69, 9.17) is 4.74 Å². The van der Waals surface area contributed by atoms with Crippen LogP contribution in [0.4, 0.5) is 0 Å². The second-order valence-corrected chi connectivity index (χ2v) is 3.61. The van der Waals surface area contributed by atoms with E-state index in [9.17, 15) is 10.2 Å². The van der Waals surface area contributed by atoms with Gasteiger partial charge < -0.3 is 14.9 Å². The molecule has 1 aliphatic rings. The van der Waals surface area contributed by atoms with Gasteiger partial charge in [0.15, 0.2) is 0 Å². The maximum Gasteiger partial charge on any atom is 0.129 e. The first-order valence-corrected chi connectivity index (χ1v) is 4.85. The van der Waals surface area contributed by atoms with E-state index in [-0.39, 0.29) is 5.75 Å². The zero-order valence-electron chi connectivity index (χ0n) is 8.16. The van der Waals surface area contributed by atoms with Gasteiger partial charge in [0.1, 0.15) is 11.5 Å². The molecular weight excluding hydrogens is 180 g/mol. The molecule has 0 spiro atoms. The molecule has 0 atom stereocenters. The van der Waals surface area contributed by atoms with Crippen molar-refractivity contribution in [1.29, 1.82) is 0 Å². The molecule has 1 fully saturated rings. The molecule has 2 rings (SSSR count). The molecule has 0 aliphatic heterocycles. The van der Waals surface area contributed by atoms with Crippen LogP contribution in [-0.2, 0) is 5.60 Å². The molecule has 0 bridgehead atoms. The molecular formula is C11H14O3. The standard InChI is InChI=1S/C11H14O3/c1-2-14-9-5-3-4-8(12)10(9)11(13)6-7-11/h3-5,12-13H,2,6-7H2,1H3. The highest BCUT2D eigenvalue weighted by Gasteiger charge is 2.46. The topological polar surface area (TPSA) is 49.7 Å². The quantitative estimate of drug-likeness (QED) is 0.771. The van der Waals surface area contributed by atoms with E-state index in [1.807, 2.05) is 6.92 Å². The molecule has 14 heavy (non-hydrogen) atoms. The minimum atomic E-state index is -0.851. The van der Waals surface area contributed by atoms with E-state index in [1.165, 1.54) is 0 Å². The van der Waals surface area contributed by atoms with Crippen LogP contribution in [0.25, 0.3) is 0 Å². The van der Waals surface area contributed by atoms with E-state index < -0.39 is 5.60 Å². The number of ether oxygens (including phenoxy) is 1. The fraction of sp³-hybridized carbons (Fsp3) is 0.455. The first kappa shape index (κ1) is 9.34. The zero-order valence-corrected chi connectivity index (χ0v) is 8.16. The first-order chi connectivity index (χ1) is 6.67. The lowest BCUT2D eigenvalue weighted by atomic mass is 10.1. The van der Waals surface area contributed by atoms with Crippen molar-refractivity contribution in [2.24, 2.45) is 0 Å². The van der Waals surface area contributed by atoms with Crippen LogP contribution in [0.15, 0.2) is 18.2 Å². The van der Waals surface area contributed by atoms with Gasteiger partial charge in [-0.3, -0.25) is 0 Å². The summed E-state index contributed by atoms with van der Waals surface area (Å²) in [5.41, 5.74) is -0.308. The average Bonchev–Trinajstić information content (AvgIpc) is 2.85. The van der Waals surface area contributed by atoms with Gasteiger partial charge in [0.2, 0.25) is 0 Å². The molecule has 1 saturated carbocycles. The Labute approximate surface area is 83.0 Å². The van der Waals surface area contributed by atoms with Crippen molar-refractivity contribution >= 4 is 0 Å². The lowest BCUT2D eigenvalue weighted by molar-refractivity contribution is 0.142. The maximum atomic E-state index is 9.95. The van der Waals surface area contributed by atoms with Crippen LogP contribution in [-0.4, -0.2) is 16.8 Å². The summed E-state index contributed by atoms with van der Waals surface area (Å²) in [4.78, 5) is 0. The Hall–Kier alpha value is -1.22. The average molecular weight is 194 g/mol. The van der Waals surface area contributed by atoms with Crippen LogP contribution in [0.3, 0.4) is 0 Å². The van der Waals surface area contributed by atoms with E-state index >= 15 is 0 Å². The molecule has 1 aromatic carbocycles. The fourth-order valence-corrected chi connectivity index (χ4v) is 1.63. The largest absolute Gasteiger partial charge is 0.507 e. The molecule has 0 heterocycles. The van der Waals surface area contributed by atoms with Crippen LogP contribution < -0.4 is 4.74 Å². The Bertz CT molecular complexity index is 342. The molecule has 2 N–H and O–H groups in total. The monoisotopic (exact) mass is 194 g/mol. The van der Waals surface area contributed by atoms with Gasteiger partial charge in [-0.2, -0.15) is 0 Å². The van der Waals surface area contributed by atoms with E-state index in [0.29, 0.717) is 30.8 Å². The molecule has 0 radical (unpaired) electrons. The number of rotatable bonds is 3. The number of aliphatic hydroxyl groups is 1. The predicted octanol–water partition coefficient (Wildman–Crippen LogP) is 1.77. The van der Waals surface area contributed by atoms with Gasteiger partial charge in [-0.1, -0.05) is 6.07 Å². The van der Waals surface area contributed by atoms with E-state index in [0.717, 1.165) is 0 Å². The smallest absolute Gasteiger partial charge is 0.129 e. The minimum absolute atomic E-state index is 0.121. The SMILES string of the molecule is CCOc1cccc(O)c1C1(O)CC1. The van der Waals surface area contributed by atoms with Gasteiger partial charge in [-0.05, 0) is 31.9 Å². The van der Waals surface area contributed by atoms with Crippen molar-refractivity contribution in [3.63, 3.8) is 0 Å². The van der Waals surface area contributed by atoms with Gasteiger partial charge in [-0.15, -0.1) is 0 Å². The first-order valence-electron chi connectivity index (χ1n) is 4.85. The van der Waals surface area contributed by atoms with Crippen molar-refractivity contribution < 1.29 is 14.9 Å². The Balaban J connectivity index is 2.43. The Kier molecular flexibility index (Phi) is 2.11. The Morgan fingerprint density at radius 2 is 2.14 bits per heavy atom. The second kappa shape index (κ2) is 3.17. The highest BCUT2D eigenvalue weighted by atomic mass is 16.5. The molecule has 3 heteroatoms. The summed E-state index contributed by atoms with van der Waals surface area (Å²) in [5, 5.41) is 19.6. The van der Waals surface area contributed by atoms with E-state index in [1.54, 1.807) is 18.2 Å². The fourth-order valence-electron chi connectivity index (χ4n) is 1.63. The molecule has 76 valence electrons. The number of phenols is 1. The molecule has 3 nitrogen and oxygen atoms in total. The Morgan fingerprint density at radius 3 is 2.71 bits per heavy atom. The highest BCUT2D eigenvalue weighted by molar-refractivity contribution is 5.49. The predicted molar refractivity (Wildman–Crippen MR) is 52.4 cm³/mol. The third-order valence-corrected chi connectivity index (χ3v) is 2.49. The minimum Gasteiger partial charge on any atom is -0.507 e. The summed E-state index contributed by atoms with van der Waals surface area (Å²) in [6, 6.07) is 5.07. The summed E-state index contributed by atoms with van der Waals surface area (Å²) in [7, 11) is 0. The number of benzene rings is 1. The van der Waals surface area contributed by atoms with Crippen LogP contribution in [0.5, 0.6) is 11.5 Å². The van der Waals surface area contributed by atoms with Crippen molar-refractivity contribution in [2.75, 3.05) is 6.61 Å². The van der Waals surface area contributed by atoms with Gasteiger partial charge in [0, 0.05) is 0 Å². The molecule has 0 unspecified atom stereocenters. The number of hydrogen-bond acceptors (Lipinski definition) is 3. The summed E-state index contributed by atoms with van der Waals surface area (Å²) in [5.74, 6) is 0.712. The van der Waals surface area contributed by atoms with E-state index in [2.05, 4.69) is 0 Å². The number of hydrogen-bond donors (Lipinski definition) is 2. The van der Waals surface area contributed by atoms with Crippen LogP contribution >= 0.6 is 0 Å². The van der Waals surface area contributed by atoms with Crippen molar-refractivity contribution in [1.82, 2.24) is 0 Å². The third-order valence-electron chi connectivity index (χ3n) is 2.49. The van der Waals surface area contributed by atoms with Crippen LogP contribution in [0, 0.1) is 0 Å². The van der Waals surface area contributed by atoms with Gasteiger partial charge in [-0.25, -0.2) is 0 Å². The third kappa shape index (κ3) is 1.44. The summed E-state index contributed by atoms with van der Waals surface area (Å²) in [6.45, 7) is 2.41. The second-order valence-electron chi connectivity index (χ2n) is 3.61. The molecule has 0 aromatic heterocycles. The van der Waals surface area contributed by atoms with Gasteiger partial charge in [0.05, 0.1) is 17.8 Å². The van der Waals surface area contributed by atoms with Crippen molar-refractivity contribution in [3.8, 4) is 11.5 Å². The number of phenolic OH excluding ortho intramolecular Hbond substituents is 1.